The van der Waals surface area contributed by atoms with E-state index in [9.17, 15) is 4.79 Å². The molecule has 1 unspecified atom stereocenters. The third kappa shape index (κ3) is 4.60. The van der Waals surface area contributed by atoms with Gasteiger partial charge in [0.15, 0.2) is 0 Å². The summed E-state index contributed by atoms with van der Waals surface area (Å²) in [7, 11) is 1.82. The Hall–Kier alpha value is -1.52. The molecule has 0 bridgehead atoms. The zero-order valence-corrected chi connectivity index (χ0v) is 16.8. The van der Waals surface area contributed by atoms with Gasteiger partial charge >= 0.3 is 0 Å². The van der Waals surface area contributed by atoms with Crippen LogP contribution in [0.1, 0.15) is 44.6 Å². The number of halogens is 2. The van der Waals surface area contributed by atoms with Gasteiger partial charge in [-0.3, -0.25) is 9.79 Å². The molecule has 1 N–H and O–H groups in total. The highest BCUT2D eigenvalue weighted by Crippen LogP contribution is 2.29. The zero-order valence-electron chi connectivity index (χ0n) is 15.3. The van der Waals surface area contributed by atoms with Crippen LogP contribution in [0.25, 0.3) is 0 Å². The summed E-state index contributed by atoms with van der Waals surface area (Å²) in [4.78, 5) is 18.9. The lowest BCUT2D eigenvalue weighted by molar-refractivity contribution is -0.130. The predicted octanol–water partition coefficient (Wildman–Crippen LogP) is 4.81. The molecule has 1 aromatic carbocycles. The SMILES string of the molecule is CC1=C(CCC(=O)N(C)Cc2ccc(Cl)c(Cl)c2)NC2=NCCCC2C1. The zero-order chi connectivity index (χ0) is 18.7. The first-order valence-corrected chi connectivity index (χ1v) is 9.87. The molecule has 1 aromatic rings. The van der Waals surface area contributed by atoms with Crippen LogP contribution in [-0.4, -0.2) is 30.2 Å². The van der Waals surface area contributed by atoms with Crippen molar-refractivity contribution in [1.82, 2.24) is 10.2 Å². The third-order valence-corrected chi connectivity index (χ3v) is 5.88. The molecule has 2 heterocycles. The van der Waals surface area contributed by atoms with E-state index in [0.29, 0.717) is 28.9 Å². The summed E-state index contributed by atoms with van der Waals surface area (Å²) in [6.45, 7) is 3.60. The minimum Gasteiger partial charge on any atom is -0.347 e. The quantitative estimate of drug-likeness (QED) is 0.779. The van der Waals surface area contributed by atoms with E-state index in [0.717, 1.165) is 36.5 Å². The van der Waals surface area contributed by atoms with Crippen molar-refractivity contribution in [2.45, 2.75) is 45.6 Å². The summed E-state index contributed by atoms with van der Waals surface area (Å²) >= 11 is 12.0. The van der Waals surface area contributed by atoms with Crippen LogP contribution in [0.2, 0.25) is 10.0 Å². The smallest absolute Gasteiger partial charge is 0.222 e. The van der Waals surface area contributed by atoms with E-state index in [2.05, 4.69) is 17.2 Å². The minimum atomic E-state index is 0.117. The van der Waals surface area contributed by atoms with Gasteiger partial charge in [-0.05, 0) is 50.3 Å². The fourth-order valence-electron chi connectivity index (χ4n) is 3.60. The predicted molar refractivity (Wildman–Crippen MR) is 108 cm³/mol. The lowest BCUT2D eigenvalue weighted by Crippen LogP contribution is -2.38. The Bertz CT molecular complexity index is 757. The number of rotatable bonds is 5. The molecule has 0 aromatic heterocycles. The molecule has 3 rings (SSSR count). The number of hydrogen-bond donors (Lipinski definition) is 1. The number of hydrogen-bond acceptors (Lipinski definition) is 3. The summed E-state index contributed by atoms with van der Waals surface area (Å²) in [5.41, 5.74) is 3.50. The number of nitrogens with zero attached hydrogens (tertiary/aromatic N) is 2. The van der Waals surface area contributed by atoms with Crippen molar-refractivity contribution in [3.8, 4) is 0 Å². The lowest BCUT2D eigenvalue weighted by atomic mass is 9.87. The van der Waals surface area contributed by atoms with Gasteiger partial charge in [-0.15, -0.1) is 0 Å². The molecule has 0 fully saturated rings. The van der Waals surface area contributed by atoms with Gasteiger partial charge in [0.2, 0.25) is 5.91 Å². The number of allylic oxidation sites excluding steroid dienone is 2. The van der Waals surface area contributed by atoms with Crippen LogP contribution in [0.5, 0.6) is 0 Å². The van der Waals surface area contributed by atoms with Gasteiger partial charge < -0.3 is 10.2 Å². The van der Waals surface area contributed by atoms with Crippen molar-refractivity contribution in [3.63, 3.8) is 0 Å². The molecule has 0 spiro atoms. The molecule has 26 heavy (non-hydrogen) atoms. The monoisotopic (exact) mass is 393 g/mol. The maximum atomic E-state index is 12.5. The van der Waals surface area contributed by atoms with Crippen molar-refractivity contribution in [2.24, 2.45) is 10.9 Å². The third-order valence-electron chi connectivity index (χ3n) is 5.14. The molecule has 1 amide bonds. The first-order chi connectivity index (χ1) is 12.4. The topological polar surface area (TPSA) is 44.7 Å². The van der Waals surface area contributed by atoms with Crippen LogP contribution in [0, 0.1) is 5.92 Å². The van der Waals surface area contributed by atoms with Crippen LogP contribution in [0.15, 0.2) is 34.5 Å². The molecule has 140 valence electrons. The summed E-state index contributed by atoms with van der Waals surface area (Å²) in [6, 6.07) is 5.47. The highest BCUT2D eigenvalue weighted by molar-refractivity contribution is 6.42. The van der Waals surface area contributed by atoms with E-state index in [1.807, 2.05) is 19.2 Å². The lowest BCUT2D eigenvalue weighted by Gasteiger charge is -2.31. The van der Waals surface area contributed by atoms with E-state index in [1.165, 1.54) is 18.4 Å². The van der Waals surface area contributed by atoms with E-state index in [4.69, 9.17) is 23.2 Å². The Morgan fingerprint density at radius 1 is 1.35 bits per heavy atom. The normalized spacial score (nSPS) is 19.5. The van der Waals surface area contributed by atoms with Crippen molar-refractivity contribution in [3.05, 3.63) is 45.1 Å². The summed E-state index contributed by atoms with van der Waals surface area (Å²) in [5, 5.41) is 4.53. The van der Waals surface area contributed by atoms with E-state index >= 15 is 0 Å². The molecular formula is C20H25Cl2N3O. The van der Waals surface area contributed by atoms with E-state index in [-0.39, 0.29) is 5.91 Å². The molecule has 2 aliphatic heterocycles. The van der Waals surface area contributed by atoms with Crippen LogP contribution in [-0.2, 0) is 11.3 Å². The Balaban J connectivity index is 1.55. The van der Waals surface area contributed by atoms with Gasteiger partial charge in [-0.25, -0.2) is 0 Å². The Morgan fingerprint density at radius 3 is 2.92 bits per heavy atom. The first-order valence-electron chi connectivity index (χ1n) is 9.12. The van der Waals surface area contributed by atoms with Gasteiger partial charge in [-0.1, -0.05) is 34.8 Å². The molecule has 4 nitrogen and oxygen atoms in total. The molecule has 0 saturated heterocycles. The Labute approximate surface area is 165 Å². The van der Waals surface area contributed by atoms with Crippen molar-refractivity contribution in [1.29, 1.82) is 0 Å². The summed E-state index contributed by atoms with van der Waals surface area (Å²) in [5.74, 6) is 1.78. The van der Waals surface area contributed by atoms with Crippen molar-refractivity contribution in [2.75, 3.05) is 13.6 Å². The van der Waals surface area contributed by atoms with Crippen LogP contribution in [0.3, 0.4) is 0 Å². The molecule has 0 radical (unpaired) electrons. The number of aliphatic imine (C=N–C) groups is 1. The van der Waals surface area contributed by atoms with Gasteiger partial charge in [0, 0.05) is 38.2 Å². The second-order valence-electron chi connectivity index (χ2n) is 7.19. The van der Waals surface area contributed by atoms with Gasteiger partial charge in [0.05, 0.1) is 10.0 Å². The van der Waals surface area contributed by atoms with E-state index < -0.39 is 0 Å². The second-order valence-corrected chi connectivity index (χ2v) is 8.01. The number of benzene rings is 1. The average Bonchev–Trinajstić information content (AvgIpc) is 2.62. The highest BCUT2D eigenvalue weighted by atomic mass is 35.5. The largest absolute Gasteiger partial charge is 0.347 e. The van der Waals surface area contributed by atoms with Crippen molar-refractivity contribution < 1.29 is 4.79 Å². The number of nitrogens with one attached hydrogen (secondary N) is 1. The number of carbonyl (C=O) groups is 1. The maximum absolute atomic E-state index is 12.5. The first kappa shape index (κ1) is 19.2. The number of amidine groups is 1. The fourth-order valence-corrected chi connectivity index (χ4v) is 3.92. The molecule has 1 atom stereocenters. The van der Waals surface area contributed by atoms with Crippen LogP contribution in [0.4, 0.5) is 0 Å². The summed E-state index contributed by atoms with van der Waals surface area (Å²) < 4.78 is 0. The Kier molecular flexibility index (Phi) is 6.25. The van der Waals surface area contributed by atoms with Gasteiger partial charge in [0.1, 0.15) is 5.84 Å². The standard InChI is InChI=1S/C20H25Cl2N3O/c1-13-10-15-4-3-9-23-20(15)24-18(13)7-8-19(26)25(2)12-14-5-6-16(21)17(22)11-14/h5-6,11,15H,3-4,7-10,12H2,1-2H3,(H,23,24). The number of carbonyl (C=O) groups excluding carboxylic acids is 1. The van der Waals surface area contributed by atoms with Crippen LogP contribution < -0.4 is 5.32 Å². The molecule has 6 heteroatoms. The van der Waals surface area contributed by atoms with Gasteiger partial charge in [-0.2, -0.15) is 0 Å². The average molecular weight is 394 g/mol. The number of fused-ring (bicyclic) bond motifs is 1. The fraction of sp³-hybridized carbons (Fsp3) is 0.500. The molecule has 0 aliphatic carbocycles. The second kappa shape index (κ2) is 8.45. The number of amides is 1. The van der Waals surface area contributed by atoms with Gasteiger partial charge in [0.25, 0.3) is 0 Å². The highest BCUT2D eigenvalue weighted by Gasteiger charge is 2.26. The maximum Gasteiger partial charge on any atom is 0.222 e. The van der Waals surface area contributed by atoms with Crippen molar-refractivity contribution >= 4 is 34.9 Å². The Morgan fingerprint density at radius 2 is 2.15 bits per heavy atom. The molecule has 2 aliphatic rings. The minimum absolute atomic E-state index is 0.117. The molecular weight excluding hydrogens is 369 g/mol. The molecule has 0 saturated carbocycles. The van der Waals surface area contributed by atoms with Crippen LogP contribution >= 0.6 is 23.2 Å². The van der Waals surface area contributed by atoms with E-state index in [1.54, 1.807) is 11.0 Å². The summed E-state index contributed by atoms with van der Waals surface area (Å²) in [6.07, 6.45) is 4.66.